The molecule has 0 bridgehead atoms. The van der Waals surface area contributed by atoms with Gasteiger partial charge in [-0.25, -0.2) is 0 Å². The van der Waals surface area contributed by atoms with Crippen LogP contribution >= 0.6 is 27.3 Å². The Morgan fingerprint density at radius 3 is 2.71 bits per heavy atom. The van der Waals surface area contributed by atoms with Gasteiger partial charge in [0, 0.05) is 13.6 Å². The lowest BCUT2D eigenvalue weighted by molar-refractivity contribution is -0.131. The minimum Gasteiger partial charge on any atom is -0.340 e. The quantitative estimate of drug-likeness (QED) is 0.777. The van der Waals surface area contributed by atoms with Gasteiger partial charge in [0.1, 0.15) is 0 Å². The highest BCUT2D eigenvalue weighted by atomic mass is 79.9. The van der Waals surface area contributed by atoms with E-state index < -0.39 is 4.32 Å². The zero-order valence-corrected chi connectivity index (χ0v) is 11.0. The molecule has 0 saturated heterocycles. The van der Waals surface area contributed by atoms with Crippen molar-refractivity contribution in [3.63, 3.8) is 0 Å². The molecule has 0 saturated carbocycles. The van der Waals surface area contributed by atoms with Crippen LogP contribution < -0.4 is 0 Å². The van der Waals surface area contributed by atoms with Crippen LogP contribution in [0.25, 0.3) is 0 Å². The molecule has 1 amide bonds. The fourth-order valence-electron chi connectivity index (χ4n) is 1.18. The van der Waals surface area contributed by atoms with Gasteiger partial charge >= 0.3 is 0 Å². The van der Waals surface area contributed by atoms with Gasteiger partial charge in [0.2, 0.25) is 5.91 Å². The van der Waals surface area contributed by atoms with E-state index in [0.717, 1.165) is 0 Å². The van der Waals surface area contributed by atoms with Crippen LogP contribution in [0, 0.1) is 0 Å². The molecule has 14 heavy (non-hydrogen) atoms. The number of hydrogen-bond donors (Lipinski definition) is 0. The Kier molecular flexibility index (Phi) is 3.72. The summed E-state index contributed by atoms with van der Waals surface area (Å²) in [7, 11) is 1.82. The lowest BCUT2D eigenvalue weighted by Gasteiger charge is -2.24. The monoisotopic (exact) mass is 275 g/mol. The molecular formula is C10H14BrNOS. The Bertz CT molecular complexity index is 302. The van der Waals surface area contributed by atoms with E-state index in [-0.39, 0.29) is 5.91 Å². The second-order valence-electron chi connectivity index (χ2n) is 3.77. The van der Waals surface area contributed by atoms with Crippen LogP contribution in [-0.4, -0.2) is 22.2 Å². The third-order valence-corrected chi connectivity index (χ3v) is 2.93. The molecule has 0 unspecified atom stereocenters. The number of carbonyl (C=O) groups excluding carboxylic acids is 1. The third kappa shape index (κ3) is 3.10. The molecule has 0 atom stereocenters. The smallest absolute Gasteiger partial charge is 0.238 e. The number of rotatable bonds is 3. The Labute approximate surface area is 97.1 Å². The lowest BCUT2D eigenvalue weighted by Crippen LogP contribution is -2.38. The van der Waals surface area contributed by atoms with Crippen molar-refractivity contribution in [2.75, 3.05) is 7.05 Å². The molecule has 1 aromatic rings. The van der Waals surface area contributed by atoms with E-state index in [0.29, 0.717) is 6.54 Å². The molecule has 0 N–H and O–H groups in total. The Morgan fingerprint density at radius 2 is 2.29 bits per heavy atom. The van der Waals surface area contributed by atoms with Gasteiger partial charge in [-0.1, -0.05) is 15.9 Å². The first kappa shape index (κ1) is 11.7. The predicted molar refractivity (Wildman–Crippen MR) is 63.8 cm³/mol. The molecule has 78 valence electrons. The number of amides is 1. The average molecular weight is 276 g/mol. The van der Waals surface area contributed by atoms with E-state index in [2.05, 4.69) is 21.3 Å². The largest absolute Gasteiger partial charge is 0.340 e. The third-order valence-electron chi connectivity index (χ3n) is 1.86. The van der Waals surface area contributed by atoms with E-state index >= 15 is 0 Å². The Morgan fingerprint density at radius 1 is 1.64 bits per heavy atom. The molecule has 0 aliphatic rings. The van der Waals surface area contributed by atoms with Crippen molar-refractivity contribution >= 4 is 33.2 Å². The SMILES string of the molecule is CN(Cc1ccsc1)C(=O)C(C)(C)Br. The first-order valence-electron chi connectivity index (χ1n) is 4.37. The second kappa shape index (κ2) is 4.45. The van der Waals surface area contributed by atoms with Crippen LogP contribution in [0.4, 0.5) is 0 Å². The first-order chi connectivity index (χ1) is 6.41. The van der Waals surface area contributed by atoms with Crippen molar-refractivity contribution in [3.8, 4) is 0 Å². The number of alkyl halides is 1. The maximum absolute atomic E-state index is 11.8. The van der Waals surface area contributed by atoms with Crippen LogP contribution in [0.1, 0.15) is 19.4 Å². The zero-order chi connectivity index (χ0) is 10.8. The summed E-state index contributed by atoms with van der Waals surface area (Å²) in [6.45, 7) is 4.40. The predicted octanol–water partition coefficient (Wildman–Crippen LogP) is 2.88. The van der Waals surface area contributed by atoms with Gasteiger partial charge in [-0.05, 0) is 36.2 Å². The second-order valence-corrected chi connectivity index (χ2v) is 6.53. The van der Waals surface area contributed by atoms with Crippen LogP contribution in [0.15, 0.2) is 16.8 Å². The van der Waals surface area contributed by atoms with E-state index in [4.69, 9.17) is 0 Å². The minimum atomic E-state index is -0.474. The zero-order valence-electron chi connectivity index (χ0n) is 8.58. The molecule has 1 aromatic heterocycles. The maximum atomic E-state index is 11.8. The highest BCUT2D eigenvalue weighted by Gasteiger charge is 2.26. The van der Waals surface area contributed by atoms with Crippen LogP contribution in [0.5, 0.6) is 0 Å². The van der Waals surface area contributed by atoms with Gasteiger partial charge < -0.3 is 4.90 Å². The summed E-state index contributed by atoms with van der Waals surface area (Å²) in [6.07, 6.45) is 0. The van der Waals surface area contributed by atoms with Crippen LogP contribution in [0.3, 0.4) is 0 Å². The van der Waals surface area contributed by atoms with E-state index in [1.807, 2.05) is 32.3 Å². The molecule has 0 aromatic carbocycles. The van der Waals surface area contributed by atoms with Crippen LogP contribution in [-0.2, 0) is 11.3 Å². The Hall–Kier alpha value is -0.350. The number of nitrogens with zero attached hydrogens (tertiary/aromatic N) is 1. The normalized spacial score (nSPS) is 11.4. The van der Waals surface area contributed by atoms with E-state index in [1.54, 1.807) is 16.2 Å². The highest BCUT2D eigenvalue weighted by molar-refractivity contribution is 9.10. The molecule has 0 fully saturated rings. The van der Waals surface area contributed by atoms with Gasteiger partial charge in [0.25, 0.3) is 0 Å². The summed E-state index contributed by atoms with van der Waals surface area (Å²) < 4.78 is -0.474. The van der Waals surface area contributed by atoms with E-state index in [1.165, 1.54) is 5.56 Å². The summed E-state index contributed by atoms with van der Waals surface area (Å²) in [5.41, 5.74) is 1.18. The number of hydrogen-bond acceptors (Lipinski definition) is 2. The molecule has 0 aliphatic heterocycles. The fourth-order valence-corrected chi connectivity index (χ4v) is 2.14. The van der Waals surface area contributed by atoms with Crippen molar-refractivity contribution in [1.82, 2.24) is 4.90 Å². The summed E-state index contributed by atoms with van der Waals surface area (Å²) in [5.74, 6) is 0.101. The van der Waals surface area contributed by atoms with Crippen molar-refractivity contribution in [2.24, 2.45) is 0 Å². The lowest BCUT2D eigenvalue weighted by atomic mass is 10.2. The molecule has 0 radical (unpaired) electrons. The summed E-state index contributed by atoms with van der Waals surface area (Å²) in [4.78, 5) is 13.5. The number of carbonyl (C=O) groups is 1. The van der Waals surface area contributed by atoms with Gasteiger partial charge in [0.05, 0.1) is 4.32 Å². The molecule has 0 aliphatic carbocycles. The molecular weight excluding hydrogens is 262 g/mol. The fraction of sp³-hybridized carbons (Fsp3) is 0.500. The van der Waals surface area contributed by atoms with E-state index in [9.17, 15) is 4.79 Å². The molecule has 0 spiro atoms. The molecule has 2 nitrogen and oxygen atoms in total. The van der Waals surface area contributed by atoms with Gasteiger partial charge in [-0.3, -0.25) is 4.79 Å². The highest BCUT2D eigenvalue weighted by Crippen LogP contribution is 2.20. The molecule has 1 rings (SSSR count). The van der Waals surface area contributed by atoms with Gasteiger partial charge in [0.15, 0.2) is 0 Å². The number of thiophene rings is 1. The molecule has 1 heterocycles. The summed E-state index contributed by atoms with van der Waals surface area (Å²) in [5, 5.41) is 4.08. The van der Waals surface area contributed by atoms with Crippen molar-refractivity contribution in [1.29, 1.82) is 0 Å². The van der Waals surface area contributed by atoms with Crippen molar-refractivity contribution in [2.45, 2.75) is 24.7 Å². The van der Waals surface area contributed by atoms with Crippen molar-refractivity contribution in [3.05, 3.63) is 22.4 Å². The molecule has 4 heteroatoms. The average Bonchev–Trinajstić information content (AvgIpc) is 2.53. The standard InChI is InChI=1S/C10H14BrNOS/c1-10(2,11)9(13)12(3)6-8-4-5-14-7-8/h4-5,7H,6H2,1-3H3. The van der Waals surface area contributed by atoms with Crippen LogP contribution in [0.2, 0.25) is 0 Å². The summed E-state index contributed by atoms with van der Waals surface area (Å²) >= 11 is 5.01. The first-order valence-corrected chi connectivity index (χ1v) is 6.10. The topological polar surface area (TPSA) is 20.3 Å². The minimum absolute atomic E-state index is 0.101. The van der Waals surface area contributed by atoms with Gasteiger partial charge in [-0.2, -0.15) is 11.3 Å². The summed E-state index contributed by atoms with van der Waals surface area (Å²) in [6, 6.07) is 2.04. The maximum Gasteiger partial charge on any atom is 0.238 e. The van der Waals surface area contributed by atoms with Crippen molar-refractivity contribution < 1.29 is 4.79 Å². The number of halogens is 1. The Balaban J connectivity index is 2.59. The van der Waals surface area contributed by atoms with Gasteiger partial charge in [-0.15, -0.1) is 0 Å².